The Kier molecular flexibility index (Phi) is 2.90. The predicted octanol–water partition coefficient (Wildman–Crippen LogP) is 1.45. The van der Waals surface area contributed by atoms with E-state index in [1.54, 1.807) is 32.9 Å². The highest BCUT2D eigenvalue weighted by Gasteiger charge is 2.37. The number of nitrogens with zero attached hydrogens (tertiary/aromatic N) is 4. The smallest absolute Gasteiger partial charge is 0.331 e. The Morgan fingerprint density at radius 1 is 1.56 bits per heavy atom. The van der Waals surface area contributed by atoms with Gasteiger partial charge < -0.3 is 9.52 Å². The van der Waals surface area contributed by atoms with Gasteiger partial charge in [0.25, 0.3) is 0 Å². The Bertz CT molecular complexity index is 574. The van der Waals surface area contributed by atoms with E-state index in [0.29, 0.717) is 23.8 Å². The lowest BCUT2D eigenvalue weighted by Crippen LogP contribution is -2.39. The van der Waals surface area contributed by atoms with Gasteiger partial charge in [-0.2, -0.15) is 0 Å². The first-order valence-electron chi connectivity index (χ1n) is 5.58. The minimum absolute atomic E-state index is 0.315. The van der Waals surface area contributed by atoms with Crippen LogP contribution in [0.3, 0.4) is 0 Å². The second kappa shape index (κ2) is 4.25. The lowest BCUT2D eigenvalue weighted by Gasteiger charge is -2.23. The molecule has 0 aliphatic heterocycles. The van der Waals surface area contributed by atoms with Crippen molar-refractivity contribution < 1.29 is 14.3 Å². The SMILES string of the molecule is CCC(C)(C(=O)O)n1nnnc1-c1ccc(C)o1. The standard InChI is InChI=1S/C11H14N4O3/c1-4-11(3,10(16)17)15-9(12-13-14-15)8-6-5-7(2)18-8/h5-6H,4H2,1-3H3,(H,16,17). The number of rotatable bonds is 4. The number of furan rings is 1. The molecule has 0 spiro atoms. The molecule has 0 saturated carbocycles. The summed E-state index contributed by atoms with van der Waals surface area (Å²) >= 11 is 0. The average Bonchev–Trinajstić information content (AvgIpc) is 2.95. The summed E-state index contributed by atoms with van der Waals surface area (Å²) in [6.45, 7) is 5.14. The van der Waals surface area contributed by atoms with Gasteiger partial charge in [-0.1, -0.05) is 6.92 Å². The fourth-order valence-electron chi connectivity index (χ4n) is 1.62. The molecule has 0 aliphatic carbocycles. The molecule has 0 fully saturated rings. The van der Waals surface area contributed by atoms with Gasteiger partial charge in [-0.05, 0) is 42.8 Å². The Morgan fingerprint density at radius 2 is 2.28 bits per heavy atom. The molecule has 0 aliphatic rings. The number of aromatic nitrogens is 4. The van der Waals surface area contributed by atoms with E-state index >= 15 is 0 Å². The molecule has 7 heteroatoms. The quantitative estimate of drug-likeness (QED) is 0.882. The number of carboxylic acid groups (broad SMARTS) is 1. The largest absolute Gasteiger partial charge is 0.479 e. The monoisotopic (exact) mass is 250 g/mol. The molecule has 0 amide bonds. The zero-order valence-electron chi connectivity index (χ0n) is 10.4. The van der Waals surface area contributed by atoms with Crippen molar-refractivity contribution in [1.29, 1.82) is 0 Å². The van der Waals surface area contributed by atoms with Crippen LogP contribution in [0.1, 0.15) is 26.0 Å². The molecule has 1 atom stereocenters. The second-order valence-electron chi connectivity index (χ2n) is 4.26. The zero-order chi connectivity index (χ0) is 13.3. The van der Waals surface area contributed by atoms with Crippen LogP contribution in [0.5, 0.6) is 0 Å². The van der Waals surface area contributed by atoms with Gasteiger partial charge in [-0.15, -0.1) is 5.10 Å². The molecule has 2 aromatic heterocycles. The van der Waals surface area contributed by atoms with Crippen molar-refractivity contribution in [3.8, 4) is 11.6 Å². The summed E-state index contributed by atoms with van der Waals surface area (Å²) in [4.78, 5) is 11.4. The molecule has 0 aromatic carbocycles. The van der Waals surface area contributed by atoms with Crippen LogP contribution in [0.4, 0.5) is 0 Å². The first kappa shape index (κ1) is 12.3. The van der Waals surface area contributed by atoms with Crippen LogP contribution in [0.15, 0.2) is 16.5 Å². The summed E-state index contributed by atoms with van der Waals surface area (Å²) in [5.41, 5.74) is -1.19. The van der Waals surface area contributed by atoms with E-state index in [-0.39, 0.29) is 0 Å². The van der Waals surface area contributed by atoms with Gasteiger partial charge in [0, 0.05) is 0 Å². The first-order chi connectivity index (χ1) is 8.49. The van der Waals surface area contributed by atoms with Gasteiger partial charge in [-0.25, -0.2) is 9.48 Å². The maximum atomic E-state index is 11.4. The third-order valence-corrected chi connectivity index (χ3v) is 3.05. The summed E-state index contributed by atoms with van der Waals surface area (Å²) in [5.74, 6) is 0.503. The van der Waals surface area contributed by atoms with E-state index in [1.807, 2.05) is 0 Å². The van der Waals surface area contributed by atoms with E-state index in [9.17, 15) is 9.90 Å². The van der Waals surface area contributed by atoms with Gasteiger partial charge in [0.15, 0.2) is 11.3 Å². The van der Waals surface area contributed by atoms with Gasteiger partial charge in [0.1, 0.15) is 5.76 Å². The normalized spacial score (nSPS) is 14.4. The number of carboxylic acids is 1. The Labute approximate surface area is 103 Å². The van der Waals surface area contributed by atoms with Crippen molar-refractivity contribution in [2.24, 2.45) is 0 Å². The van der Waals surface area contributed by atoms with Crippen LogP contribution in [-0.2, 0) is 10.3 Å². The molecule has 2 aromatic rings. The Balaban J connectivity index is 2.54. The molecule has 0 bridgehead atoms. The Hall–Kier alpha value is -2.18. The molecule has 7 nitrogen and oxygen atoms in total. The van der Waals surface area contributed by atoms with E-state index in [0.717, 1.165) is 0 Å². The van der Waals surface area contributed by atoms with E-state index in [2.05, 4.69) is 15.5 Å². The fourth-order valence-corrected chi connectivity index (χ4v) is 1.62. The fraction of sp³-hybridized carbons (Fsp3) is 0.455. The number of hydrogen-bond acceptors (Lipinski definition) is 5. The predicted molar refractivity (Wildman–Crippen MR) is 61.8 cm³/mol. The van der Waals surface area contributed by atoms with Crippen LogP contribution in [0.2, 0.25) is 0 Å². The van der Waals surface area contributed by atoms with Gasteiger partial charge in [0.05, 0.1) is 0 Å². The molecule has 1 unspecified atom stereocenters. The molecule has 1 N–H and O–H groups in total. The summed E-state index contributed by atoms with van der Waals surface area (Å²) < 4.78 is 6.72. The summed E-state index contributed by atoms with van der Waals surface area (Å²) in [6, 6.07) is 3.49. The minimum atomic E-state index is -1.19. The van der Waals surface area contributed by atoms with Crippen LogP contribution in [0.25, 0.3) is 11.6 Å². The summed E-state index contributed by atoms with van der Waals surface area (Å²) in [5, 5.41) is 20.5. The first-order valence-corrected chi connectivity index (χ1v) is 5.58. The summed E-state index contributed by atoms with van der Waals surface area (Å²) in [7, 11) is 0. The molecular weight excluding hydrogens is 236 g/mol. The van der Waals surface area contributed by atoms with Crippen LogP contribution >= 0.6 is 0 Å². The Morgan fingerprint density at radius 3 is 2.78 bits per heavy atom. The molecule has 0 radical (unpaired) electrons. The lowest BCUT2D eigenvalue weighted by atomic mass is 9.99. The lowest BCUT2D eigenvalue weighted by molar-refractivity contribution is -0.147. The third-order valence-electron chi connectivity index (χ3n) is 3.05. The summed E-state index contributed by atoms with van der Waals surface area (Å²) in [6.07, 6.45) is 0.361. The highest BCUT2D eigenvalue weighted by Crippen LogP contribution is 2.27. The molecule has 18 heavy (non-hydrogen) atoms. The maximum absolute atomic E-state index is 11.4. The molecule has 0 saturated heterocycles. The maximum Gasteiger partial charge on any atom is 0.331 e. The molecule has 96 valence electrons. The van der Waals surface area contributed by atoms with Crippen molar-refractivity contribution in [3.05, 3.63) is 17.9 Å². The number of carbonyl (C=O) groups is 1. The molecule has 2 rings (SSSR count). The van der Waals surface area contributed by atoms with Gasteiger partial charge in [0.2, 0.25) is 5.82 Å². The topological polar surface area (TPSA) is 94.0 Å². The van der Waals surface area contributed by atoms with E-state index in [1.165, 1.54) is 4.68 Å². The van der Waals surface area contributed by atoms with Crippen LogP contribution in [0, 0.1) is 6.92 Å². The van der Waals surface area contributed by atoms with Crippen molar-refractivity contribution in [2.45, 2.75) is 32.7 Å². The third kappa shape index (κ3) is 1.77. The van der Waals surface area contributed by atoms with Crippen molar-refractivity contribution in [2.75, 3.05) is 0 Å². The van der Waals surface area contributed by atoms with Gasteiger partial charge in [-0.3, -0.25) is 0 Å². The van der Waals surface area contributed by atoms with E-state index < -0.39 is 11.5 Å². The van der Waals surface area contributed by atoms with Crippen molar-refractivity contribution in [3.63, 3.8) is 0 Å². The number of hydrogen-bond donors (Lipinski definition) is 1. The van der Waals surface area contributed by atoms with E-state index in [4.69, 9.17) is 4.42 Å². The van der Waals surface area contributed by atoms with Crippen molar-refractivity contribution in [1.82, 2.24) is 20.2 Å². The van der Waals surface area contributed by atoms with Gasteiger partial charge >= 0.3 is 5.97 Å². The highest BCUT2D eigenvalue weighted by atomic mass is 16.4. The minimum Gasteiger partial charge on any atom is -0.479 e. The average molecular weight is 250 g/mol. The highest BCUT2D eigenvalue weighted by molar-refractivity contribution is 5.76. The second-order valence-corrected chi connectivity index (χ2v) is 4.26. The number of aryl methyl sites for hydroxylation is 1. The number of tetrazole rings is 1. The number of aliphatic carboxylic acids is 1. The van der Waals surface area contributed by atoms with Crippen LogP contribution < -0.4 is 0 Å². The zero-order valence-corrected chi connectivity index (χ0v) is 10.4. The molecule has 2 heterocycles. The van der Waals surface area contributed by atoms with Crippen molar-refractivity contribution >= 4 is 5.97 Å². The molecular formula is C11H14N4O3. The van der Waals surface area contributed by atoms with Crippen LogP contribution in [-0.4, -0.2) is 31.3 Å².